The highest BCUT2D eigenvalue weighted by atomic mass is 32.2. The van der Waals surface area contributed by atoms with Crippen molar-refractivity contribution in [2.24, 2.45) is 0 Å². The molecule has 1 heterocycles. The number of hydrogen-bond acceptors (Lipinski definition) is 5. The molecule has 0 spiro atoms. The van der Waals surface area contributed by atoms with Gasteiger partial charge < -0.3 is 15.2 Å². The van der Waals surface area contributed by atoms with Gasteiger partial charge >= 0.3 is 0 Å². The van der Waals surface area contributed by atoms with Gasteiger partial charge in [-0.3, -0.25) is 0 Å². The molecule has 7 heteroatoms. The third-order valence-electron chi connectivity index (χ3n) is 3.18. The van der Waals surface area contributed by atoms with Crippen molar-refractivity contribution in [3.63, 3.8) is 0 Å². The molecule has 1 aromatic carbocycles. The van der Waals surface area contributed by atoms with Crippen LogP contribution in [0.15, 0.2) is 24.3 Å². The van der Waals surface area contributed by atoms with Crippen LogP contribution in [0, 0.1) is 0 Å². The van der Waals surface area contributed by atoms with Gasteiger partial charge in [-0.2, -0.15) is 4.31 Å². The van der Waals surface area contributed by atoms with E-state index in [1.54, 1.807) is 24.3 Å². The minimum Gasteiger partial charge on any atom is -0.490 e. The van der Waals surface area contributed by atoms with Crippen LogP contribution in [0.5, 0.6) is 5.75 Å². The van der Waals surface area contributed by atoms with Crippen LogP contribution >= 0.6 is 0 Å². The van der Waals surface area contributed by atoms with Crippen molar-refractivity contribution in [3.8, 4) is 5.75 Å². The Morgan fingerprint density at radius 3 is 2.90 bits per heavy atom. The van der Waals surface area contributed by atoms with E-state index in [4.69, 9.17) is 15.2 Å². The number of benzene rings is 1. The van der Waals surface area contributed by atoms with Gasteiger partial charge in [0, 0.05) is 12.6 Å². The highest BCUT2D eigenvalue weighted by molar-refractivity contribution is 7.89. The standard InChI is InChI=1S/C13H20N2O4S/c1-11-10-18-7-6-15(11)20(16,17)9-8-19-13-5-3-2-4-12(13)14/h2-5,11H,6-10,14H2,1H3. The molecule has 0 amide bonds. The monoisotopic (exact) mass is 300 g/mol. The minimum absolute atomic E-state index is 0.0638. The summed E-state index contributed by atoms with van der Waals surface area (Å²) in [6.07, 6.45) is 0. The Hall–Kier alpha value is -1.31. The van der Waals surface area contributed by atoms with Gasteiger partial charge in [0.05, 0.1) is 24.7 Å². The predicted octanol–water partition coefficient (Wildman–Crippen LogP) is 0.698. The maximum atomic E-state index is 12.2. The Morgan fingerprint density at radius 2 is 2.20 bits per heavy atom. The highest BCUT2D eigenvalue weighted by Gasteiger charge is 2.29. The van der Waals surface area contributed by atoms with E-state index in [1.165, 1.54) is 4.31 Å². The summed E-state index contributed by atoms with van der Waals surface area (Å²) in [7, 11) is -3.33. The van der Waals surface area contributed by atoms with Crippen molar-refractivity contribution < 1.29 is 17.9 Å². The molecule has 0 radical (unpaired) electrons. The van der Waals surface area contributed by atoms with Crippen LogP contribution in [0.3, 0.4) is 0 Å². The van der Waals surface area contributed by atoms with E-state index in [-0.39, 0.29) is 18.4 Å². The average molecular weight is 300 g/mol. The van der Waals surface area contributed by atoms with E-state index < -0.39 is 10.0 Å². The van der Waals surface area contributed by atoms with E-state index in [0.717, 1.165) is 0 Å². The van der Waals surface area contributed by atoms with Crippen LogP contribution in [-0.4, -0.2) is 50.9 Å². The summed E-state index contributed by atoms with van der Waals surface area (Å²) < 4.78 is 36.6. The predicted molar refractivity (Wildman–Crippen MR) is 77.1 cm³/mol. The largest absolute Gasteiger partial charge is 0.490 e. The van der Waals surface area contributed by atoms with Gasteiger partial charge in [0.1, 0.15) is 12.4 Å². The molecule has 1 aliphatic heterocycles. The first-order chi connectivity index (χ1) is 9.50. The number of nitrogens with two attached hydrogens (primary N) is 1. The molecule has 2 rings (SSSR count). The second-order valence-electron chi connectivity index (χ2n) is 4.74. The number of ether oxygens (including phenoxy) is 2. The van der Waals surface area contributed by atoms with Crippen LogP contribution in [0.4, 0.5) is 5.69 Å². The Bertz CT molecular complexity index is 547. The fourth-order valence-electron chi connectivity index (χ4n) is 2.11. The lowest BCUT2D eigenvalue weighted by molar-refractivity contribution is 0.0391. The molecule has 1 saturated heterocycles. The molecule has 0 bridgehead atoms. The van der Waals surface area contributed by atoms with Gasteiger partial charge in [-0.25, -0.2) is 8.42 Å². The maximum absolute atomic E-state index is 12.2. The van der Waals surface area contributed by atoms with Crippen molar-refractivity contribution in [1.82, 2.24) is 4.31 Å². The van der Waals surface area contributed by atoms with Crippen molar-refractivity contribution in [1.29, 1.82) is 0 Å². The molecule has 0 aliphatic carbocycles. The lowest BCUT2D eigenvalue weighted by Gasteiger charge is -2.32. The zero-order valence-corrected chi connectivity index (χ0v) is 12.3. The summed E-state index contributed by atoms with van der Waals surface area (Å²) in [4.78, 5) is 0. The van der Waals surface area contributed by atoms with Gasteiger partial charge in [-0.15, -0.1) is 0 Å². The minimum atomic E-state index is -3.33. The van der Waals surface area contributed by atoms with Gasteiger partial charge in [0.15, 0.2) is 0 Å². The summed E-state index contributed by atoms with van der Waals surface area (Å²) >= 11 is 0. The Morgan fingerprint density at radius 1 is 1.45 bits per heavy atom. The fraction of sp³-hybridized carbons (Fsp3) is 0.538. The zero-order chi connectivity index (χ0) is 14.6. The number of rotatable bonds is 5. The topological polar surface area (TPSA) is 81.9 Å². The van der Waals surface area contributed by atoms with E-state index in [0.29, 0.717) is 31.2 Å². The number of hydrogen-bond donors (Lipinski definition) is 1. The lowest BCUT2D eigenvalue weighted by Crippen LogP contribution is -2.48. The molecule has 1 aromatic rings. The molecule has 0 aromatic heterocycles. The Labute approximate surface area is 119 Å². The first-order valence-electron chi connectivity index (χ1n) is 6.55. The molecule has 1 aliphatic rings. The first-order valence-corrected chi connectivity index (χ1v) is 8.16. The summed E-state index contributed by atoms with van der Waals surface area (Å²) in [5.74, 6) is 0.448. The van der Waals surface area contributed by atoms with Gasteiger partial charge in [-0.05, 0) is 19.1 Å². The summed E-state index contributed by atoms with van der Waals surface area (Å²) in [5, 5.41) is 0. The van der Waals surface area contributed by atoms with Gasteiger partial charge in [0.25, 0.3) is 0 Å². The normalized spacial score (nSPS) is 20.8. The molecule has 112 valence electrons. The van der Waals surface area contributed by atoms with Crippen molar-refractivity contribution in [2.75, 3.05) is 37.9 Å². The Kier molecular flexibility index (Phi) is 4.85. The summed E-state index contributed by atoms with van der Waals surface area (Å²) in [6.45, 7) is 3.20. The fourth-order valence-corrected chi connectivity index (χ4v) is 3.60. The molecule has 6 nitrogen and oxygen atoms in total. The lowest BCUT2D eigenvalue weighted by atomic mass is 10.3. The van der Waals surface area contributed by atoms with Crippen molar-refractivity contribution in [3.05, 3.63) is 24.3 Å². The molecule has 20 heavy (non-hydrogen) atoms. The smallest absolute Gasteiger partial charge is 0.217 e. The van der Waals surface area contributed by atoms with E-state index in [1.807, 2.05) is 6.92 Å². The van der Waals surface area contributed by atoms with Crippen molar-refractivity contribution >= 4 is 15.7 Å². The van der Waals surface area contributed by atoms with Crippen LogP contribution in [-0.2, 0) is 14.8 Å². The van der Waals surface area contributed by atoms with E-state index in [2.05, 4.69) is 0 Å². The molecular formula is C13H20N2O4S. The van der Waals surface area contributed by atoms with Crippen molar-refractivity contribution in [2.45, 2.75) is 13.0 Å². The number of nitrogens with zero attached hydrogens (tertiary/aromatic N) is 1. The number of anilines is 1. The van der Waals surface area contributed by atoms with Gasteiger partial charge in [-0.1, -0.05) is 12.1 Å². The van der Waals surface area contributed by atoms with E-state index in [9.17, 15) is 8.42 Å². The first kappa shape index (κ1) is 15.1. The van der Waals surface area contributed by atoms with Gasteiger partial charge in [0.2, 0.25) is 10.0 Å². The second kappa shape index (κ2) is 6.43. The maximum Gasteiger partial charge on any atom is 0.217 e. The number of morpholine rings is 1. The van der Waals surface area contributed by atoms with Crippen LogP contribution < -0.4 is 10.5 Å². The number of nitrogen functional groups attached to an aromatic ring is 1. The quantitative estimate of drug-likeness (QED) is 0.809. The molecular weight excluding hydrogens is 280 g/mol. The SMILES string of the molecule is CC1COCCN1S(=O)(=O)CCOc1ccccc1N. The summed E-state index contributed by atoms with van der Waals surface area (Å²) in [6, 6.07) is 6.90. The number of para-hydroxylation sites is 2. The molecule has 1 unspecified atom stereocenters. The molecule has 1 atom stereocenters. The highest BCUT2D eigenvalue weighted by Crippen LogP contribution is 2.20. The third-order valence-corrected chi connectivity index (χ3v) is 5.12. The average Bonchev–Trinajstić information content (AvgIpc) is 2.41. The molecule has 2 N–H and O–H groups in total. The zero-order valence-electron chi connectivity index (χ0n) is 11.5. The van der Waals surface area contributed by atoms with Crippen LogP contribution in [0.1, 0.15) is 6.92 Å². The third kappa shape index (κ3) is 3.62. The molecule has 1 fully saturated rings. The molecule has 0 saturated carbocycles. The summed E-state index contributed by atoms with van der Waals surface area (Å²) in [5.41, 5.74) is 6.24. The Balaban J connectivity index is 1.91. The van der Waals surface area contributed by atoms with Crippen LogP contribution in [0.2, 0.25) is 0 Å². The second-order valence-corrected chi connectivity index (χ2v) is 6.78. The van der Waals surface area contributed by atoms with Crippen LogP contribution in [0.25, 0.3) is 0 Å². The van der Waals surface area contributed by atoms with E-state index >= 15 is 0 Å². The number of sulfonamides is 1.